The Bertz CT molecular complexity index is 643. The second-order valence-electron chi connectivity index (χ2n) is 4.97. The first-order valence-corrected chi connectivity index (χ1v) is 7.11. The van der Waals surface area contributed by atoms with Crippen LogP contribution in [-0.2, 0) is 16.1 Å². The van der Waals surface area contributed by atoms with Crippen LogP contribution >= 0.6 is 0 Å². The third kappa shape index (κ3) is 7.15. The molecule has 138 valence electrons. The summed E-state index contributed by atoms with van der Waals surface area (Å²) in [5.41, 5.74) is 0.502. The largest absolute Gasteiger partial charge is 0.497 e. The summed E-state index contributed by atoms with van der Waals surface area (Å²) in [7, 11) is 2.85. The van der Waals surface area contributed by atoms with Gasteiger partial charge in [0.2, 0.25) is 5.91 Å². The minimum atomic E-state index is -4.51. The highest BCUT2D eigenvalue weighted by molar-refractivity contribution is 5.93. The smallest absolute Gasteiger partial charge is 0.409 e. The SMILES string of the molecule is COc1ccc(CN(C/C=C/C(F)(F)F)C(=O)CC(=O)O)c(OC)c1. The molecule has 0 fully saturated rings. The van der Waals surface area contributed by atoms with Crippen molar-refractivity contribution in [2.75, 3.05) is 20.8 Å². The lowest BCUT2D eigenvalue weighted by atomic mass is 10.1. The highest BCUT2D eigenvalue weighted by Gasteiger charge is 2.23. The van der Waals surface area contributed by atoms with Crippen LogP contribution in [0.3, 0.4) is 0 Å². The van der Waals surface area contributed by atoms with Gasteiger partial charge in [-0.2, -0.15) is 13.2 Å². The monoisotopic (exact) mass is 361 g/mol. The van der Waals surface area contributed by atoms with Gasteiger partial charge in [-0.25, -0.2) is 0 Å². The lowest BCUT2D eigenvalue weighted by molar-refractivity contribution is -0.144. The molecule has 1 aromatic rings. The number of benzene rings is 1. The summed E-state index contributed by atoms with van der Waals surface area (Å²) in [6.45, 7) is -0.498. The van der Waals surface area contributed by atoms with Crippen molar-refractivity contribution in [2.45, 2.75) is 19.1 Å². The number of allylic oxidation sites excluding steroid dienone is 1. The Labute approximate surface area is 142 Å². The van der Waals surface area contributed by atoms with Crippen molar-refractivity contribution in [3.8, 4) is 11.5 Å². The van der Waals surface area contributed by atoms with Crippen LogP contribution in [0.25, 0.3) is 0 Å². The van der Waals surface area contributed by atoms with Gasteiger partial charge in [0.25, 0.3) is 0 Å². The van der Waals surface area contributed by atoms with Crippen molar-refractivity contribution in [2.24, 2.45) is 0 Å². The number of hydrogen-bond donors (Lipinski definition) is 1. The van der Waals surface area contributed by atoms with Crippen LogP contribution < -0.4 is 9.47 Å². The van der Waals surface area contributed by atoms with Crippen molar-refractivity contribution in [3.63, 3.8) is 0 Å². The van der Waals surface area contributed by atoms with Gasteiger partial charge in [-0.1, -0.05) is 6.08 Å². The number of aliphatic carboxylic acids is 1. The molecule has 0 aliphatic heterocycles. The van der Waals surface area contributed by atoms with Gasteiger partial charge in [0.05, 0.1) is 14.2 Å². The molecule has 6 nitrogen and oxygen atoms in total. The first kappa shape index (κ1) is 20.3. The molecular formula is C16H18F3NO5. The van der Waals surface area contributed by atoms with Gasteiger partial charge in [0.15, 0.2) is 0 Å². The molecule has 0 aliphatic rings. The van der Waals surface area contributed by atoms with Crippen LogP contribution in [0.5, 0.6) is 11.5 Å². The summed E-state index contributed by atoms with van der Waals surface area (Å²) in [6.07, 6.45) is -4.58. The Morgan fingerprint density at radius 3 is 2.44 bits per heavy atom. The van der Waals surface area contributed by atoms with Crippen molar-refractivity contribution >= 4 is 11.9 Å². The van der Waals surface area contributed by atoms with Crippen LogP contribution in [0.15, 0.2) is 30.4 Å². The number of hydrogen-bond acceptors (Lipinski definition) is 4. The quantitative estimate of drug-likeness (QED) is 0.569. The predicted octanol–water partition coefficient (Wildman–Crippen LogP) is 2.63. The van der Waals surface area contributed by atoms with E-state index in [9.17, 15) is 22.8 Å². The molecule has 0 aromatic heterocycles. The van der Waals surface area contributed by atoms with Crippen molar-refractivity contribution in [1.82, 2.24) is 4.90 Å². The van der Waals surface area contributed by atoms with E-state index in [1.54, 1.807) is 18.2 Å². The second kappa shape index (κ2) is 8.95. The van der Waals surface area contributed by atoms with Crippen LogP contribution in [-0.4, -0.2) is 48.8 Å². The fourth-order valence-electron chi connectivity index (χ4n) is 2.00. The van der Waals surface area contributed by atoms with E-state index in [1.807, 2.05) is 0 Å². The summed E-state index contributed by atoms with van der Waals surface area (Å²) >= 11 is 0. The molecule has 0 spiro atoms. The number of halogens is 3. The van der Waals surface area contributed by atoms with Gasteiger partial charge in [-0.15, -0.1) is 0 Å². The highest BCUT2D eigenvalue weighted by Crippen LogP contribution is 2.26. The number of ether oxygens (including phenoxy) is 2. The molecule has 0 radical (unpaired) electrons. The molecule has 0 aliphatic carbocycles. The number of methoxy groups -OCH3 is 2. The number of nitrogens with zero attached hydrogens (tertiary/aromatic N) is 1. The van der Waals surface area contributed by atoms with Crippen molar-refractivity contribution in [3.05, 3.63) is 35.9 Å². The molecule has 0 bridgehead atoms. The van der Waals surface area contributed by atoms with E-state index in [4.69, 9.17) is 14.6 Å². The number of rotatable bonds is 8. The first-order valence-electron chi connectivity index (χ1n) is 7.11. The van der Waals surface area contributed by atoms with E-state index < -0.39 is 24.5 Å². The predicted molar refractivity (Wildman–Crippen MR) is 82.4 cm³/mol. The minimum absolute atomic E-state index is 0.000694. The van der Waals surface area contributed by atoms with E-state index in [1.165, 1.54) is 14.2 Å². The van der Waals surface area contributed by atoms with Gasteiger partial charge < -0.3 is 19.5 Å². The van der Waals surface area contributed by atoms with E-state index >= 15 is 0 Å². The van der Waals surface area contributed by atoms with E-state index in [0.29, 0.717) is 17.1 Å². The Morgan fingerprint density at radius 2 is 1.92 bits per heavy atom. The molecule has 1 rings (SSSR count). The lowest BCUT2D eigenvalue weighted by Crippen LogP contribution is -2.32. The van der Waals surface area contributed by atoms with E-state index in [-0.39, 0.29) is 19.2 Å². The number of carboxylic acid groups (broad SMARTS) is 1. The average molecular weight is 361 g/mol. The summed E-state index contributed by atoms with van der Waals surface area (Å²) < 4.78 is 46.9. The van der Waals surface area contributed by atoms with Crippen molar-refractivity contribution < 1.29 is 37.3 Å². The Balaban J connectivity index is 3.01. The molecule has 1 amide bonds. The fraction of sp³-hybridized carbons (Fsp3) is 0.375. The average Bonchev–Trinajstić information content (AvgIpc) is 2.52. The maximum Gasteiger partial charge on any atom is 0.409 e. The molecule has 1 N–H and O–H groups in total. The Hall–Kier alpha value is -2.71. The molecule has 9 heteroatoms. The molecule has 0 heterocycles. The molecular weight excluding hydrogens is 343 g/mol. The molecule has 0 unspecified atom stereocenters. The topological polar surface area (TPSA) is 76.1 Å². The molecule has 0 atom stereocenters. The molecule has 0 saturated carbocycles. The number of carboxylic acids is 1. The Morgan fingerprint density at radius 1 is 1.24 bits per heavy atom. The van der Waals surface area contributed by atoms with Crippen LogP contribution in [0.4, 0.5) is 13.2 Å². The number of alkyl halides is 3. The number of carbonyl (C=O) groups is 2. The fourth-order valence-corrected chi connectivity index (χ4v) is 2.00. The zero-order chi connectivity index (χ0) is 19.0. The summed E-state index contributed by atoms with van der Waals surface area (Å²) in [6, 6.07) is 4.75. The summed E-state index contributed by atoms with van der Waals surface area (Å²) in [5, 5.41) is 8.74. The number of amides is 1. The van der Waals surface area contributed by atoms with Crippen LogP contribution in [0.1, 0.15) is 12.0 Å². The first-order chi connectivity index (χ1) is 11.7. The zero-order valence-electron chi connectivity index (χ0n) is 13.7. The Kier molecular flexibility index (Phi) is 7.28. The van der Waals surface area contributed by atoms with Crippen molar-refractivity contribution in [1.29, 1.82) is 0 Å². The molecule has 1 aromatic carbocycles. The van der Waals surface area contributed by atoms with Gasteiger partial charge in [0.1, 0.15) is 17.9 Å². The minimum Gasteiger partial charge on any atom is -0.497 e. The van der Waals surface area contributed by atoms with Gasteiger partial charge in [0, 0.05) is 30.8 Å². The lowest BCUT2D eigenvalue weighted by Gasteiger charge is -2.22. The molecule has 0 saturated heterocycles. The standard InChI is InChI=1S/C16H18F3NO5/c1-24-12-5-4-11(13(8-12)25-2)10-20(14(21)9-15(22)23)7-3-6-16(17,18)19/h3-6,8H,7,9-10H2,1-2H3,(H,22,23)/b6-3+. The van der Waals surface area contributed by atoms with Gasteiger partial charge >= 0.3 is 12.1 Å². The summed E-state index contributed by atoms with van der Waals surface area (Å²) in [5.74, 6) is -1.30. The maximum atomic E-state index is 12.2. The van der Waals surface area contributed by atoms with Crippen LogP contribution in [0.2, 0.25) is 0 Å². The maximum absolute atomic E-state index is 12.2. The van der Waals surface area contributed by atoms with Gasteiger partial charge in [-0.3, -0.25) is 9.59 Å². The third-order valence-corrected chi connectivity index (χ3v) is 3.14. The normalized spacial score (nSPS) is 11.4. The molecule has 25 heavy (non-hydrogen) atoms. The van der Waals surface area contributed by atoms with Crippen LogP contribution in [0, 0.1) is 0 Å². The zero-order valence-corrected chi connectivity index (χ0v) is 13.7. The highest BCUT2D eigenvalue weighted by atomic mass is 19.4. The van der Waals surface area contributed by atoms with E-state index in [2.05, 4.69) is 0 Å². The third-order valence-electron chi connectivity index (χ3n) is 3.14. The van der Waals surface area contributed by atoms with E-state index in [0.717, 1.165) is 11.0 Å². The number of carbonyl (C=O) groups excluding carboxylic acids is 1. The van der Waals surface area contributed by atoms with Gasteiger partial charge in [-0.05, 0) is 12.1 Å². The summed E-state index contributed by atoms with van der Waals surface area (Å²) in [4.78, 5) is 23.7. The second-order valence-corrected chi connectivity index (χ2v) is 4.97.